The maximum absolute atomic E-state index is 13.0. The second-order valence-corrected chi connectivity index (χ2v) is 4.79. The van der Waals surface area contributed by atoms with Crippen molar-refractivity contribution in [3.63, 3.8) is 0 Å². The van der Waals surface area contributed by atoms with Gasteiger partial charge in [-0.3, -0.25) is 0 Å². The van der Waals surface area contributed by atoms with Crippen LogP contribution in [0.1, 0.15) is 15.9 Å². The van der Waals surface area contributed by atoms with Gasteiger partial charge in [0.2, 0.25) is 5.95 Å². The van der Waals surface area contributed by atoms with Crippen LogP contribution < -0.4 is 5.32 Å². The predicted molar refractivity (Wildman–Crippen MR) is 77.8 cm³/mol. The van der Waals surface area contributed by atoms with Crippen LogP contribution in [0.15, 0.2) is 42.5 Å². The van der Waals surface area contributed by atoms with Crippen LogP contribution in [0.5, 0.6) is 0 Å². The number of H-pyrrole nitrogens is 1. The molecule has 2 aromatic carbocycles. The summed E-state index contributed by atoms with van der Waals surface area (Å²) in [6.07, 6.45) is -4.49. The number of imidazole rings is 1. The minimum atomic E-state index is -4.49. The van der Waals surface area contributed by atoms with Crippen LogP contribution in [0.4, 0.5) is 24.8 Å². The van der Waals surface area contributed by atoms with Crippen LogP contribution in [0.3, 0.4) is 0 Å². The van der Waals surface area contributed by atoms with Crippen LogP contribution >= 0.6 is 0 Å². The molecule has 0 bridgehead atoms. The highest BCUT2D eigenvalue weighted by Crippen LogP contribution is 2.35. The molecular weight excluding hydrogens is 311 g/mol. The number of anilines is 2. The van der Waals surface area contributed by atoms with Gasteiger partial charge in [0, 0.05) is 0 Å². The molecule has 0 aliphatic carbocycles. The third-order valence-corrected chi connectivity index (χ3v) is 3.22. The van der Waals surface area contributed by atoms with E-state index in [-0.39, 0.29) is 17.2 Å². The van der Waals surface area contributed by atoms with Crippen LogP contribution in [0.25, 0.3) is 11.0 Å². The molecule has 0 aliphatic heterocycles. The third-order valence-electron chi connectivity index (χ3n) is 3.22. The van der Waals surface area contributed by atoms with Gasteiger partial charge < -0.3 is 15.4 Å². The molecule has 1 heterocycles. The summed E-state index contributed by atoms with van der Waals surface area (Å²) in [6.45, 7) is 0. The van der Waals surface area contributed by atoms with Crippen LogP contribution in [-0.4, -0.2) is 21.0 Å². The minimum Gasteiger partial charge on any atom is -0.478 e. The Balaban J connectivity index is 1.98. The summed E-state index contributed by atoms with van der Waals surface area (Å²) in [6, 6.07) is 9.26. The maximum atomic E-state index is 13.0. The summed E-state index contributed by atoms with van der Waals surface area (Å²) in [7, 11) is 0. The predicted octanol–water partition coefficient (Wildman–Crippen LogP) is 4.02. The highest BCUT2D eigenvalue weighted by molar-refractivity contribution is 5.92. The average Bonchev–Trinajstić information content (AvgIpc) is 2.87. The lowest BCUT2D eigenvalue weighted by Crippen LogP contribution is -2.08. The van der Waals surface area contributed by atoms with Gasteiger partial charge in [-0.05, 0) is 30.3 Å². The van der Waals surface area contributed by atoms with Crippen molar-refractivity contribution >= 4 is 28.6 Å². The number of aromatic amines is 1. The number of rotatable bonds is 3. The van der Waals surface area contributed by atoms with E-state index in [0.717, 1.165) is 6.07 Å². The first-order chi connectivity index (χ1) is 10.8. The Labute approximate surface area is 127 Å². The number of para-hydroxylation sites is 1. The van der Waals surface area contributed by atoms with E-state index in [1.807, 2.05) is 0 Å². The zero-order valence-electron chi connectivity index (χ0n) is 11.5. The van der Waals surface area contributed by atoms with E-state index in [2.05, 4.69) is 15.3 Å². The smallest absolute Gasteiger partial charge is 0.418 e. The fraction of sp³-hybridized carbons (Fsp3) is 0.0667. The Morgan fingerprint density at radius 3 is 2.61 bits per heavy atom. The third kappa shape index (κ3) is 2.96. The number of halogens is 3. The van der Waals surface area contributed by atoms with Gasteiger partial charge in [0.05, 0.1) is 27.8 Å². The molecule has 118 valence electrons. The molecular formula is C15H10F3N3O2. The van der Waals surface area contributed by atoms with Gasteiger partial charge in [0.25, 0.3) is 0 Å². The highest BCUT2D eigenvalue weighted by atomic mass is 19.4. The van der Waals surface area contributed by atoms with Crippen molar-refractivity contribution in [2.75, 3.05) is 5.32 Å². The van der Waals surface area contributed by atoms with Crippen LogP contribution in [0, 0.1) is 0 Å². The monoisotopic (exact) mass is 321 g/mol. The van der Waals surface area contributed by atoms with E-state index in [1.165, 1.54) is 36.4 Å². The summed E-state index contributed by atoms with van der Waals surface area (Å²) in [5, 5.41) is 11.5. The summed E-state index contributed by atoms with van der Waals surface area (Å²) in [5.41, 5.74) is -0.0469. The van der Waals surface area contributed by atoms with Gasteiger partial charge in [-0.2, -0.15) is 13.2 Å². The fourth-order valence-corrected chi connectivity index (χ4v) is 2.16. The van der Waals surface area contributed by atoms with Crippen molar-refractivity contribution in [1.29, 1.82) is 0 Å². The van der Waals surface area contributed by atoms with Crippen molar-refractivity contribution in [2.45, 2.75) is 6.18 Å². The largest absolute Gasteiger partial charge is 0.478 e. The van der Waals surface area contributed by atoms with Gasteiger partial charge in [-0.15, -0.1) is 0 Å². The summed E-state index contributed by atoms with van der Waals surface area (Å²) in [4.78, 5) is 17.8. The summed E-state index contributed by atoms with van der Waals surface area (Å²) < 4.78 is 38.9. The van der Waals surface area contributed by atoms with Gasteiger partial charge in [0.15, 0.2) is 0 Å². The highest BCUT2D eigenvalue weighted by Gasteiger charge is 2.33. The molecule has 0 amide bonds. The number of hydrogen-bond donors (Lipinski definition) is 3. The zero-order valence-corrected chi connectivity index (χ0v) is 11.5. The lowest BCUT2D eigenvalue weighted by Gasteiger charge is -2.12. The molecule has 0 radical (unpaired) electrons. The molecule has 3 rings (SSSR count). The average molecular weight is 321 g/mol. The Kier molecular flexibility index (Phi) is 3.44. The second kappa shape index (κ2) is 5.31. The minimum absolute atomic E-state index is 0.0474. The number of carboxylic acid groups (broad SMARTS) is 1. The number of aromatic carboxylic acids is 1. The summed E-state index contributed by atoms with van der Waals surface area (Å²) in [5.74, 6) is -1.01. The molecule has 0 saturated heterocycles. The number of carboxylic acids is 1. The van der Waals surface area contributed by atoms with E-state index in [1.54, 1.807) is 0 Å². The van der Waals surface area contributed by atoms with Crippen LogP contribution in [-0.2, 0) is 6.18 Å². The molecule has 0 fully saturated rings. The SMILES string of the molecule is O=C(O)c1ccc2[nH]c(Nc3ccccc3C(F)(F)F)nc2c1. The Bertz CT molecular complexity index is 887. The topological polar surface area (TPSA) is 78.0 Å². The molecule has 0 aliphatic rings. The molecule has 3 aromatic rings. The quantitative estimate of drug-likeness (QED) is 0.681. The van der Waals surface area contributed by atoms with Crippen molar-refractivity contribution in [3.05, 3.63) is 53.6 Å². The van der Waals surface area contributed by atoms with E-state index in [4.69, 9.17) is 5.11 Å². The number of fused-ring (bicyclic) bond motifs is 1. The Morgan fingerprint density at radius 2 is 1.91 bits per heavy atom. The van der Waals surface area contributed by atoms with E-state index in [0.29, 0.717) is 11.0 Å². The zero-order chi connectivity index (χ0) is 16.6. The molecule has 0 spiro atoms. The van der Waals surface area contributed by atoms with Crippen molar-refractivity contribution in [1.82, 2.24) is 9.97 Å². The lowest BCUT2D eigenvalue weighted by molar-refractivity contribution is -0.136. The van der Waals surface area contributed by atoms with Crippen molar-refractivity contribution in [2.24, 2.45) is 0 Å². The number of nitrogens with one attached hydrogen (secondary N) is 2. The van der Waals surface area contributed by atoms with Gasteiger partial charge >= 0.3 is 12.1 Å². The first-order valence-electron chi connectivity index (χ1n) is 6.51. The molecule has 1 aromatic heterocycles. The number of aromatic nitrogens is 2. The normalized spacial score (nSPS) is 11.6. The van der Waals surface area contributed by atoms with Gasteiger partial charge in [-0.1, -0.05) is 12.1 Å². The Hall–Kier alpha value is -3.03. The van der Waals surface area contributed by atoms with Crippen molar-refractivity contribution in [3.8, 4) is 0 Å². The molecule has 8 heteroatoms. The maximum Gasteiger partial charge on any atom is 0.418 e. The van der Waals surface area contributed by atoms with Crippen molar-refractivity contribution < 1.29 is 23.1 Å². The van der Waals surface area contributed by atoms with E-state index >= 15 is 0 Å². The second-order valence-electron chi connectivity index (χ2n) is 4.79. The molecule has 0 unspecified atom stereocenters. The van der Waals surface area contributed by atoms with Gasteiger partial charge in [0.1, 0.15) is 0 Å². The molecule has 0 saturated carbocycles. The molecule has 0 atom stereocenters. The number of alkyl halides is 3. The lowest BCUT2D eigenvalue weighted by atomic mass is 10.1. The van der Waals surface area contributed by atoms with Gasteiger partial charge in [-0.25, -0.2) is 9.78 Å². The number of nitrogens with zero attached hydrogens (tertiary/aromatic N) is 1. The first kappa shape index (κ1) is 14.9. The number of benzene rings is 2. The molecule has 3 N–H and O–H groups in total. The van der Waals surface area contributed by atoms with E-state index < -0.39 is 17.7 Å². The number of hydrogen-bond acceptors (Lipinski definition) is 3. The van der Waals surface area contributed by atoms with E-state index in [9.17, 15) is 18.0 Å². The summed E-state index contributed by atoms with van der Waals surface area (Å²) >= 11 is 0. The standard InChI is InChI=1S/C15H10F3N3O2/c16-15(17,18)9-3-1-2-4-10(9)19-14-20-11-6-5-8(13(22)23)7-12(11)21-14/h1-7H,(H,22,23)(H2,19,20,21). The first-order valence-corrected chi connectivity index (χ1v) is 6.51. The fourth-order valence-electron chi connectivity index (χ4n) is 2.16. The van der Waals surface area contributed by atoms with Crippen LogP contribution in [0.2, 0.25) is 0 Å². The molecule has 5 nitrogen and oxygen atoms in total. The molecule has 23 heavy (non-hydrogen) atoms. The number of carbonyl (C=O) groups is 1. The Morgan fingerprint density at radius 1 is 1.17 bits per heavy atom.